The molecule has 0 spiro atoms. The second-order valence-corrected chi connectivity index (χ2v) is 8.47. The van der Waals surface area contributed by atoms with Crippen LogP contribution in [0.15, 0.2) is 0 Å². The third-order valence-corrected chi connectivity index (χ3v) is 7.12. The molecule has 0 aromatic carbocycles. The van der Waals surface area contributed by atoms with Gasteiger partial charge in [0.05, 0.1) is 5.75 Å². The molecule has 3 fully saturated rings. The number of hydrogen-bond donors (Lipinski definition) is 1. The smallest absolute Gasteiger partial charge is 0.214 e. The summed E-state index contributed by atoms with van der Waals surface area (Å²) in [5.74, 6) is 1.97. The lowest BCUT2D eigenvalue weighted by Gasteiger charge is -2.26. The van der Waals surface area contributed by atoms with Gasteiger partial charge in [0.15, 0.2) is 0 Å². The molecule has 0 aromatic heterocycles. The van der Waals surface area contributed by atoms with Crippen molar-refractivity contribution in [3.63, 3.8) is 0 Å². The van der Waals surface area contributed by atoms with E-state index in [0.717, 1.165) is 25.8 Å². The summed E-state index contributed by atoms with van der Waals surface area (Å²) in [5, 5.41) is 0. The summed E-state index contributed by atoms with van der Waals surface area (Å²) in [6, 6.07) is 0.224. The summed E-state index contributed by atoms with van der Waals surface area (Å²) in [6.45, 7) is 1.41. The predicted octanol–water partition coefficient (Wildman–Crippen LogP) is 1.18. The lowest BCUT2D eigenvalue weighted by atomic mass is 9.84. The van der Waals surface area contributed by atoms with E-state index in [0.29, 0.717) is 30.1 Å². The lowest BCUT2D eigenvalue weighted by molar-refractivity contribution is 0.305. The Morgan fingerprint density at radius 2 is 1.89 bits per heavy atom. The fourth-order valence-electron chi connectivity index (χ4n) is 3.72. The van der Waals surface area contributed by atoms with Crippen LogP contribution in [0.5, 0.6) is 0 Å². The molecule has 3 aliphatic rings. The van der Waals surface area contributed by atoms with Crippen LogP contribution in [0.4, 0.5) is 0 Å². The van der Waals surface area contributed by atoms with Crippen LogP contribution in [-0.2, 0) is 10.0 Å². The zero-order chi connectivity index (χ0) is 12.8. The predicted molar refractivity (Wildman–Crippen MR) is 71.5 cm³/mol. The zero-order valence-electron chi connectivity index (χ0n) is 10.9. The van der Waals surface area contributed by atoms with Gasteiger partial charge in [-0.3, -0.25) is 0 Å². The topological polar surface area (TPSA) is 63.4 Å². The Bertz CT molecular complexity index is 405. The third-order valence-electron chi connectivity index (χ3n) is 5.28. The van der Waals surface area contributed by atoms with E-state index in [9.17, 15) is 8.42 Å². The number of rotatable bonds is 4. The second kappa shape index (κ2) is 4.76. The Balaban J connectivity index is 1.57. The molecule has 2 aliphatic carbocycles. The summed E-state index contributed by atoms with van der Waals surface area (Å²) in [4.78, 5) is 0. The molecular weight excluding hydrogens is 248 g/mol. The van der Waals surface area contributed by atoms with Crippen molar-refractivity contribution in [1.82, 2.24) is 4.31 Å². The molecule has 0 aromatic rings. The van der Waals surface area contributed by atoms with E-state index >= 15 is 0 Å². The lowest BCUT2D eigenvalue weighted by Crippen LogP contribution is -2.35. The minimum Gasteiger partial charge on any atom is -0.327 e. The summed E-state index contributed by atoms with van der Waals surface area (Å²) in [6.07, 6.45) is 6.79. The van der Waals surface area contributed by atoms with Crippen molar-refractivity contribution in [3.05, 3.63) is 0 Å². The van der Waals surface area contributed by atoms with Crippen LogP contribution in [0.25, 0.3) is 0 Å². The van der Waals surface area contributed by atoms with Gasteiger partial charge in [-0.15, -0.1) is 0 Å². The van der Waals surface area contributed by atoms with Crippen molar-refractivity contribution >= 4 is 10.0 Å². The van der Waals surface area contributed by atoms with E-state index in [1.165, 1.54) is 19.3 Å². The quantitative estimate of drug-likeness (QED) is 0.835. The van der Waals surface area contributed by atoms with E-state index in [1.54, 1.807) is 4.31 Å². The van der Waals surface area contributed by atoms with E-state index in [1.807, 2.05) is 0 Å². The second-order valence-electron chi connectivity index (χ2n) is 6.38. The van der Waals surface area contributed by atoms with Gasteiger partial charge in [-0.1, -0.05) is 19.3 Å². The van der Waals surface area contributed by atoms with Gasteiger partial charge < -0.3 is 5.73 Å². The molecule has 1 saturated heterocycles. The van der Waals surface area contributed by atoms with Gasteiger partial charge in [-0.25, -0.2) is 12.7 Å². The summed E-state index contributed by atoms with van der Waals surface area (Å²) < 4.78 is 26.3. The molecular formula is C13H24N2O2S. The van der Waals surface area contributed by atoms with Crippen LogP contribution >= 0.6 is 0 Å². The van der Waals surface area contributed by atoms with E-state index < -0.39 is 10.0 Å². The van der Waals surface area contributed by atoms with Gasteiger partial charge in [0, 0.05) is 19.1 Å². The van der Waals surface area contributed by atoms with Gasteiger partial charge in [-0.05, 0) is 37.0 Å². The Kier molecular flexibility index (Phi) is 3.41. The van der Waals surface area contributed by atoms with Crippen molar-refractivity contribution in [1.29, 1.82) is 0 Å². The van der Waals surface area contributed by atoms with E-state index in [-0.39, 0.29) is 6.04 Å². The fourth-order valence-corrected chi connectivity index (χ4v) is 5.43. The van der Waals surface area contributed by atoms with Crippen molar-refractivity contribution in [2.45, 2.75) is 44.6 Å². The average molecular weight is 272 g/mol. The van der Waals surface area contributed by atoms with Crippen molar-refractivity contribution in [2.24, 2.45) is 23.5 Å². The highest BCUT2D eigenvalue weighted by atomic mass is 32.2. The SMILES string of the molecule is NC1CCC2CN(S(=O)(=O)CCC3CCC3)CC12. The largest absolute Gasteiger partial charge is 0.327 e. The minimum atomic E-state index is -3.02. The monoisotopic (exact) mass is 272 g/mol. The first kappa shape index (κ1) is 12.9. The maximum Gasteiger partial charge on any atom is 0.214 e. The maximum absolute atomic E-state index is 12.3. The first-order valence-corrected chi connectivity index (χ1v) is 8.90. The zero-order valence-corrected chi connectivity index (χ0v) is 11.7. The Morgan fingerprint density at radius 3 is 2.50 bits per heavy atom. The van der Waals surface area contributed by atoms with Crippen molar-refractivity contribution in [3.8, 4) is 0 Å². The Labute approximate surface area is 110 Å². The third kappa shape index (κ3) is 2.32. The molecule has 1 heterocycles. The minimum absolute atomic E-state index is 0.224. The van der Waals surface area contributed by atoms with E-state index in [2.05, 4.69) is 0 Å². The highest BCUT2D eigenvalue weighted by Crippen LogP contribution is 2.38. The Hall–Kier alpha value is -0.130. The molecule has 4 nitrogen and oxygen atoms in total. The molecule has 3 rings (SSSR count). The van der Waals surface area contributed by atoms with Gasteiger partial charge in [0.1, 0.15) is 0 Å². The number of nitrogens with two attached hydrogens (primary N) is 1. The first-order valence-electron chi connectivity index (χ1n) is 7.29. The molecule has 0 bridgehead atoms. The number of hydrogen-bond acceptors (Lipinski definition) is 3. The number of sulfonamides is 1. The van der Waals surface area contributed by atoms with Gasteiger partial charge >= 0.3 is 0 Å². The maximum atomic E-state index is 12.3. The van der Waals surface area contributed by atoms with Crippen LogP contribution in [-0.4, -0.2) is 37.6 Å². The molecule has 3 unspecified atom stereocenters. The normalized spacial score (nSPS) is 37.7. The Morgan fingerprint density at radius 1 is 1.11 bits per heavy atom. The van der Waals surface area contributed by atoms with Gasteiger partial charge in [-0.2, -0.15) is 0 Å². The highest BCUT2D eigenvalue weighted by Gasteiger charge is 2.44. The van der Waals surface area contributed by atoms with Crippen LogP contribution in [0, 0.1) is 17.8 Å². The summed E-state index contributed by atoms with van der Waals surface area (Å²) in [5.41, 5.74) is 6.06. The molecule has 0 radical (unpaired) electrons. The number of nitrogens with zero attached hydrogens (tertiary/aromatic N) is 1. The van der Waals surface area contributed by atoms with E-state index in [4.69, 9.17) is 5.73 Å². The molecule has 3 atom stereocenters. The molecule has 0 amide bonds. The van der Waals surface area contributed by atoms with Gasteiger partial charge in [0.25, 0.3) is 0 Å². The summed E-state index contributed by atoms with van der Waals surface area (Å²) in [7, 11) is -3.02. The summed E-state index contributed by atoms with van der Waals surface area (Å²) >= 11 is 0. The molecule has 1 aliphatic heterocycles. The molecule has 18 heavy (non-hydrogen) atoms. The fraction of sp³-hybridized carbons (Fsp3) is 1.00. The van der Waals surface area contributed by atoms with Crippen molar-refractivity contribution in [2.75, 3.05) is 18.8 Å². The standard InChI is InChI=1S/C13H24N2O2S/c14-13-5-4-11-8-15(9-12(11)13)18(16,17)7-6-10-2-1-3-10/h10-13H,1-9,14H2. The average Bonchev–Trinajstić information content (AvgIpc) is 2.79. The van der Waals surface area contributed by atoms with Crippen LogP contribution in [0.3, 0.4) is 0 Å². The van der Waals surface area contributed by atoms with Crippen LogP contribution in [0.2, 0.25) is 0 Å². The molecule has 5 heteroatoms. The van der Waals surface area contributed by atoms with Crippen molar-refractivity contribution < 1.29 is 8.42 Å². The molecule has 104 valence electrons. The number of fused-ring (bicyclic) bond motifs is 1. The van der Waals surface area contributed by atoms with Crippen LogP contribution in [0.1, 0.15) is 38.5 Å². The van der Waals surface area contributed by atoms with Gasteiger partial charge in [0.2, 0.25) is 10.0 Å². The first-order chi connectivity index (χ1) is 8.56. The molecule has 2 N–H and O–H groups in total. The van der Waals surface area contributed by atoms with Crippen LogP contribution < -0.4 is 5.73 Å². The molecule has 2 saturated carbocycles. The highest BCUT2D eigenvalue weighted by molar-refractivity contribution is 7.89.